The van der Waals surface area contributed by atoms with E-state index in [-0.39, 0.29) is 22.4 Å². The summed E-state index contributed by atoms with van der Waals surface area (Å²) in [5, 5.41) is 0. The lowest BCUT2D eigenvalue weighted by molar-refractivity contribution is 0.941. The average molecular weight is 188 g/mol. The fraction of sp³-hybridized carbons (Fsp3) is 0. The van der Waals surface area contributed by atoms with Crippen molar-refractivity contribution in [1.82, 2.24) is 18.8 Å². The molecule has 0 aliphatic rings. The van der Waals surface area contributed by atoms with Crippen molar-refractivity contribution >= 4 is 11.3 Å². The van der Waals surface area contributed by atoms with Gasteiger partial charge >= 0.3 is 5.69 Å². The first-order valence-electron chi connectivity index (χ1n) is 3.95. The number of hydrogen-bond acceptors (Lipinski definition) is 4. The normalized spacial score (nSPS) is 11.4. The van der Waals surface area contributed by atoms with Crippen molar-refractivity contribution in [2.24, 2.45) is 0 Å². The molecule has 0 aromatic carbocycles. The van der Waals surface area contributed by atoms with Gasteiger partial charge in [-0.2, -0.15) is 0 Å². The Morgan fingerprint density at radius 2 is 1.43 bits per heavy atom. The zero-order valence-electron chi connectivity index (χ0n) is 6.91. The summed E-state index contributed by atoms with van der Waals surface area (Å²) in [5.74, 6) is 0. The van der Waals surface area contributed by atoms with E-state index in [1.165, 1.54) is 33.6 Å². The second-order valence-corrected chi connectivity index (χ2v) is 2.85. The third-order valence-electron chi connectivity index (χ3n) is 2.10. The molecule has 6 heteroatoms. The molecule has 0 radical (unpaired) electrons. The summed E-state index contributed by atoms with van der Waals surface area (Å²) in [7, 11) is 0. The van der Waals surface area contributed by atoms with Crippen LogP contribution in [0, 0.1) is 0 Å². The van der Waals surface area contributed by atoms with E-state index in [0.29, 0.717) is 0 Å². The van der Waals surface area contributed by atoms with Crippen molar-refractivity contribution in [3.8, 4) is 0 Å². The first kappa shape index (κ1) is 7.19. The zero-order valence-corrected chi connectivity index (χ0v) is 6.91. The first-order valence-corrected chi connectivity index (χ1v) is 3.95. The van der Waals surface area contributed by atoms with E-state index in [0.717, 1.165) is 0 Å². The van der Waals surface area contributed by atoms with E-state index in [9.17, 15) is 9.59 Å². The van der Waals surface area contributed by atoms with Crippen molar-refractivity contribution in [2.45, 2.75) is 0 Å². The van der Waals surface area contributed by atoms with Crippen LogP contribution in [0.1, 0.15) is 0 Å². The smallest absolute Gasteiger partial charge is 0.282 e. The molecule has 68 valence electrons. The molecule has 3 rings (SSSR count). The molecule has 0 fully saturated rings. The molecule has 0 aliphatic heterocycles. The summed E-state index contributed by atoms with van der Waals surface area (Å²) in [6.07, 6.45) is 5.74. The highest BCUT2D eigenvalue weighted by Crippen LogP contribution is 1.93. The summed E-state index contributed by atoms with van der Waals surface area (Å²) >= 11 is 0. The maximum Gasteiger partial charge on any atom is 0.339 e. The highest BCUT2D eigenvalue weighted by atomic mass is 16.2. The van der Waals surface area contributed by atoms with Crippen molar-refractivity contribution in [1.29, 1.82) is 0 Å². The summed E-state index contributed by atoms with van der Waals surface area (Å²) in [6, 6.07) is 0. The van der Waals surface area contributed by atoms with Crippen LogP contribution in [0.3, 0.4) is 0 Å². The van der Waals surface area contributed by atoms with Crippen molar-refractivity contribution in [2.75, 3.05) is 0 Å². The lowest BCUT2D eigenvalue weighted by Gasteiger charge is -1.92. The molecule has 0 spiro atoms. The van der Waals surface area contributed by atoms with Gasteiger partial charge in [0.15, 0.2) is 11.3 Å². The fourth-order valence-electron chi connectivity index (χ4n) is 1.47. The second kappa shape index (κ2) is 2.16. The first-order chi connectivity index (χ1) is 6.79. The highest BCUT2D eigenvalue weighted by molar-refractivity contribution is 5.51. The van der Waals surface area contributed by atoms with Gasteiger partial charge in [-0.3, -0.25) is 4.79 Å². The maximum absolute atomic E-state index is 11.7. The van der Waals surface area contributed by atoms with E-state index in [4.69, 9.17) is 0 Å². The van der Waals surface area contributed by atoms with Gasteiger partial charge in [-0.15, -0.1) is 0 Å². The highest BCUT2D eigenvalue weighted by Gasteiger charge is 2.10. The number of nitrogens with zero attached hydrogens (tertiary/aromatic N) is 4. The van der Waals surface area contributed by atoms with Crippen LogP contribution >= 0.6 is 0 Å². The quantitative estimate of drug-likeness (QED) is 0.460. The van der Waals surface area contributed by atoms with Gasteiger partial charge in [-0.05, 0) is 0 Å². The Balaban J connectivity index is 2.88. The van der Waals surface area contributed by atoms with E-state index < -0.39 is 0 Å². The van der Waals surface area contributed by atoms with Crippen LogP contribution in [0.5, 0.6) is 0 Å². The van der Waals surface area contributed by atoms with Gasteiger partial charge in [0.05, 0.1) is 0 Å². The number of aromatic nitrogens is 4. The van der Waals surface area contributed by atoms with E-state index in [2.05, 4.69) is 9.97 Å². The van der Waals surface area contributed by atoms with Crippen molar-refractivity contribution in [3.05, 3.63) is 45.5 Å². The lowest BCUT2D eigenvalue weighted by atomic mass is 10.5. The van der Waals surface area contributed by atoms with Crippen LogP contribution < -0.4 is 11.1 Å². The molecule has 0 unspecified atom stereocenters. The van der Waals surface area contributed by atoms with Crippen LogP contribution in [0.25, 0.3) is 11.3 Å². The molecule has 3 aromatic heterocycles. The van der Waals surface area contributed by atoms with Crippen LogP contribution in [0.4, 0.5) is 0 Å². The summed E-state index contributed by atoms with van der Waals surface area (Å²) < 4.78 is 2.41. The van der Waals surface area contributed by atoms with E-state index in [1.54, 1.807) is 0 Å². The van der Waals surface area contributed by atoms with E-state index in [1.807, 2.05) is 0 Å². The Bertz CT molecular complexity index is 610. The van der Waals surface area contributed by atoms with Crippen molar-refractivity contribution < 1.29 is 0 Å². The van der Waals surface area contributed by atoms with Gasteiger partial charge < -0.3 is 0 Å². The molecule has 3 heterocycles. The third-order valence-corrected chi connectivity index (χ3v) is 2.10. The van der Waals surface area contributed by atoms with Gasteiger partial charge in [0.25, 0.3) is 5.43 Å². The predicted octanol–water partition coefficient (Wildman–Crippen LogP) is -0.860. The summed E-state index contributed by atoms with van der Waals surface area (Å²) in [5.41, 5.74) is -0.424. The Morgan fingerprint density at radius 3 is 1.93 bits per heavy atom. The Kier molecular flexibility index (Phi) is 1.11. The van der Waals surface area contributed by atoms with E-state index >= 15 is 0 Å². The standard InChI is InChI=1S/C8H4N4O2/c13-5-6-9-1-3-11(6)8(14)12-4-2-10-7(5)12/h1-4H. The van der Waals surface area contributed by atoms with Gasteiger partial charge in [0.1, 0.15) is 0 Å². The Morgan fingerprint density at radius 1 is 0.929 bits per heavy atom. The maximum atomic E-state index is 11.7. The molecule has 0 saturated heterocycles. The largest absolute Gasteiger partial charge is 0.339 e. The number of fused-ring (bicyclic) bond motifs is 2. The molecule has 0 N–H and O–H groups in total. The fourth-order valence-corrected chi connectivity index (χ4v) is 1.47. The molecule has 0 saturated carbocycles. The van der Waals surface area contributed by atoms with Crippen LogP contribution in [0.2, 0.25) is 0 Å². The zero-order chi connectivity index (χ0) is 9.71. The van der Waals surface area contributed by atoms with Crippen molar-refractivity contribution in [3.63, 3.8) is 0 Å². The van der Waals surface area contributed by atoms with Crippen LogP contribution in [-0.2, 0) is 0 Å². The number of rotatable bonds is 0. The van der Waals surface area contributed by atoms with Gasteiger partial charge in [0.2, 0.25) is 0 Å². The molecule has 0 aliphatic carbocycles. The van der Waals surface area contributed by atoms with Crippen LogP contribution in [0.15, 0.2) is 34.4 Å². The monoisotopic (exact) mass is 188 g/mol. The second-order valence-electron chi connectivity index (χ2n) is 2.85. The summed E-state index contributed by atoms with van der Waals surface area (Å²) in [4.78, 5) is 30.9. The third kappa shape index (κ3) is 0.657. The molecule has 0 atom stereocenters. The molecular weight excluding hydrogens is 184 g/mol. The molecule has 6 nitrogen and oxygen atoms in total. The topological polar surface area (TPSA) is 68.7 Å². The Labute approximate surface area is 76.4 Å². The molecule has 3 aromatic rings. The lowest BCUT2D eigenvalue weighted by Crippen LogP contribution is -2.26. The Hall–Kier alpha value is -2.24. The minimum atomic E-state index is -0.334. The molecule has 0 amide bonds. The molecule has 14 heavy (non-hydrogen) atoms. The summed E-state index contributed by atoms with van der Waals surface area (Å²) in [6.45, 7) is 0. The SMILES string of the molecule is O=c1c2nccn2c(=O)n2ccnc12. The minimum Gasteiger partial charge on any atom is -0.282 e. The molecular formula is C8H4N4O2. The number of hydrogen-bond donors (Lipinski definition) is 0. The van der Waals surface area contributed by atoms with Crippen LogP contribution in [-0.4, -0.2) is 18.8 Å². The van der Waals surface area contributed by atoms with Gasteiger partial charge in [0, 0.05) is 24.8 Å². The number of imidazole rings is 2. The molecule has 0 bridgehead atoms. The predicted molar refractivity (Wildman–Crippen MR) is 47.7 cm³/mol. The van der Waals surface area contributed by atoms with Gasteiger partial charge in [-0.1, -0.05) is 0 Å². The average Bonchev–Trinajstić information content (AvgIpc) is 2.82. The minimum absolute atomic E-state index is 0.119. The van der Waals surface area contributed by atoms with Gasteiger partial charge in [-0.25, -0.2) is 23.6 Å².